The topological polar surface area (TPSA) is 18.5 Å². The van der Waals surface area contributed by atoms with Gasteiger partial charge in [-0.05, 0) is 43.7 Å². The number of ether oxygens (including phenoxy) is 2. The third-order valence-corrected chi connectivity index (χ3v) is 3.36. The third kappa shape index (κ3) is 2.98. The first-order chi connectivity index (χ1) is 10.7. The van der Waals surface area contributed by atoms with Gasteiger partial charge in [-0.3, -0.25) is 0 Å². The summed E-state index contributed by atoms with van der Waals surface area (Å²) in [5.74, 6) is 0.0879. The number of rotatable bonds is 3. The first kappa shape index (κ1) is 11.9. The summed E-state index contributed by atoms with van der Waals surface area (Å²) in [6.45, 7) is 3.40. The highest BCUT2D eigenvalue weighted by molar-refractivity contribution is 6.30. The van der Waals surface area contributed by atoms with Gasteiger partial charge in [0.15, 0.2) is 11.6 Å². The lowest BCUT2D eigenvalue weighted by molar-refractivity contribution is 0.135. The molecule has 0 spiro atoms. The van der Waals surface area contributed by atoms with E-state index in [2.05, 4.69) is 0 Å². The fourth-order valence-electron chi connectivity index (χ4n) is 2.29. The highest BCUT2D eigenvalue weighted by Crippen LogP contribution is 2.40. The molecule has 0 saturated carbocycles. The largest absolute Gasteiger partial charge is 0.487 e. The summed E-state index contributed by atoms with van der Waals surface area (Å²) in [5, 5.41) is 0.390. The van der Waals surface area contributed by atoms with Crippen LogP contribution in [-0.2, 0) is 13.0 Å². The molecule has 0 bridgehead atoms. The van der Waals surface area contributed by atoms with Crippen LogP contribution in [0.2, 0.25) is 5.02 Å². The Labute approximate surface area is 131 Å². The van der Waals surface area contributed by atoms with E-state index in [1.54, 1.807) is 38.1 Å². The molecule has 0 N–H and O–H groups in total. The molecule has 0 radical (unpaired) electrons. The Hall–Kier alpha value is -1.74. The zero-order valence-corrected chi connectivity index (χ0v) is 12.5. The number of halogens is 2. The predicted octanol–water partition coefficient (Wildman–Crippen LogP) is 4.77. The molecule has 0 aliphatic carbocycles. The Morgan fingerprint density at radius 1 is 1.38 bits per heavy atom. The van der Waals surface area contributed by atoms with Gasteiger partial charge in [0.1, 0.15) is 18.0 Å². The van der Waals surface area contributed by atoms with Crippen LogP contribution in [0.4, 0.5) is 4.39 Å². The molecule has 0 saturated heterocycles. The summed E-state index contributed by atoms with van der Waals surface area (Å²) in [6.07, 6.45) is -1.68. The van der Waals surface area contributed by atoms with Crippen molar-refractivity contribution >= 4 is 11.6 Å². The van der Waals surface area contributed by atoms with Crippen molar-refractivity contribution < 1.29 is 16.6 Å². The van der Waals surface area contributed by atoms with E-state index in [0.717, 1.165) is 0 Å². The van der Waals surface area contributed by atoms with Crippen molar-refractivity contribution in [3.63, 3.8) is 0 Å². The minimum atomic E-state index is -1.68. The molecular weight excluding hydrogens is 291 g/mol. The second-order valence-corrected chi connectivity index (χ2v) is 5.83. The lowest BCUT2D eigenvalue weighted by atomic mass is 10.0. The van der Waals surface area contributed by atoms with E-state index in [-0.39, 0.29) is 12.4 Å². The third-order valence-electron chi connectivity index (χ3n) is 3.14. The predicted molar refractivity (Wildman–Crippen MR) is 80.6 cm³/mol. The molecule has 0 aromatic heterocycles. The van der Waals surface area contributed by atoms with Crippen molar-refractivity contribution in [1.29, 1.82) is 0 Å². The van der Waals surface area contributed by atoms with Gasteiger partial charge in [-0.1, -0.05) is 23.7 Å². The van der Waals surface area contributed by atoms with Crippen molar-refractivity contribution in [3.05, 3.63) is 58.4 Å². The fraction of sp³-hybridized carbons (Fsp3) is 0.294. The molecule has 0 fully saturated rings. The lowest BCUT2D eigenvalue weighted by Crippen LogP contribution is -2.25. The zero-order chi connectivity index (χ0) is 16.8. The summed E-state index contributed by atoms with van der Waals surface area (Å²) >= 11 is 6.11. The number of fused-ring (bicyclic) bond motifs is 1. The van der Waals surface area contributed by atoms with Crippen LogP contribution in [0.5, 0.6) is 11.5 Å². The molecule has 2 aromatic rings. The van der Waals surface area contributed by atoms with Crippen molar-refractivity contribution in [3.8, 4) is 11.5 Å². The van der Waals surface area contributed by atoms with Gasteiger partial charge in [0, 0.05) is 19.7 Å². The molecule has 3 rings (SSSR count). The van der Waals surface area contributed by atoms with Gasteiger partial charge >= 0.3 is 0 Å². The molecular formula is C17H16ClFO2. The number of para-hydroxylation sites is 1. The number of hydrogen-bond acceptors (Lipinski definition) is 2. The summed E-state index contributed by atoms with van der Waals surface area (Å²) in [7, 11) is 0. The number of benzene rings is 2. The van der Waals surface area contributed by atoms with E-state index < -0.39 is 17.8 Å². The van der Waals surface area contributed by atoms with E-state index in [1.165, 1.54) is 12.1 Å². The Morgan fingerprint density at radius 3 is 2.90 bits per heavy atom. The van der Waals surface area contributed by atoms with Gasteiger partial charge in [-0.15, -0.1) is 0 Å². The van der Waals surface area contributed by atoms with Crippen molar-refractivity contribution in [2.24, 2.45) is 0 Å². The van der Waals surface area contributed by atoms with E-state index in [9.17, 15) is 4.39 Å². The molecule has 1 heterocycles. The van der Waals surface area contributed by atoms with Crippen LogP contribution >= 0.6 is 11.6 Å². The van der Waals surface area contributed by atoms with Crippen LogP contribution in [-0.4, -0.2) is 5.60 Å². The fourth-order valence-corrected chi connectivity index (χ4v) is 2.53. The molecule has 21 heavy (non-hydrogen) atoms. The second-order valence-electron chi connectivity index (χ2n) is 5.40. The molecule has 0 unspecified atom stereocenters. The first-order valence-electron chi connectivity index (χ1n) is 7.61. The van der Waals surface area contributed by atoms with Gasteiger partial charge in [0.05, 0.1) is 0 Å². The average Bonchev–Trinajstić information content (AvgIpc) is 2.65. The summed E-state index contributed by atoms with van der Waals surface area (Å²) < 4.78 is 41.5. The van der Waals surface area contributed by atoms with E-state index >= 15 is 0 Å². The maximum atomic E-state index is 13.6. The maximum absolute atomic E-state index is 13.6. The van der Waals surface area contributed by atoms with Crippen LogP contribution in [0.3, 0.4) is 0 Å². The lowest BCUT2D eigenvalue weighted by Gasteiger charge is -2.18. The molecule has 0 amide bonds. The van der Waals surface area contributed by atoms with Crippen molar-refractivity contribution in [2.75, 3.05) is 0 Å². The van der Waals surface area contributed by atoms with Gasteiger partial charge in [-0.2, -0.15) is 0 Å². The normalized spacial score (nSPS) is 19.2. The standard InChI is InChI=1S/C17H16ClFO2/c1-17(2)9-11-7-13(18)8-12(16(11)21-17)10-20-15-6-4-3-5-14(15)19/h3-8H,9-10H2,1-2H3/i9D2. The quantitative estimate of drug-likeness (QED) is 0.813. The Kier molecular flexibility index (Phi) is 2.95. The minimum absolute atomic E-state index is 0.0377. The second kappa shape index (κ2) is 5.23. The zero-order valence-electron chi connectivity index (χ0n) is 13.7. The van der Waals surface area contributed by atoms with E-state index in [0.29, 0.717) is 21.9 Å². The summed E-state index contributed by atoms with van der Waals surface area (Å²) in [4.78, 5) is 0. The van der Waals surface area contributed by atoms with Gasteiger partial charge in [0.2, 0.25) is 0 Å². The highest BCUT2D eigenvalue weighted by Gasteiger charge is 2.32. The molecule has 110 valence electrons. The molecule has 4 heteroatoms. The van der Waals surface area contributed by atoms with Crippen LogP contribution in [0, 0.1) is 5.82 Å². The highest BCUT2D eigenvalue weighted by atomic mass is 35.5. The van der Waals surface area contributed by atoms with Crippen LogP contribution in [0.15, 0.2) is 36.4 Å². The minimum Gasteiger partial charge on any atom is -0.487 e. The van der Waals surface area contributed by atoms with Crippen LogP contribution in [0.25, 0.3) is 0 Å². The average molecular weight is 309 g/mol. The van der Waals surface area contributed by atoms with Crippen molar-refractivity contribution in [1.82, 2.24) is 0 Å². The summed E-state index contributed by atoms with van der Waals surface area (Å²) in [5.41, 5.74) is -0.0421. The molecule has 0 atom stereocenters. The van der Waals surface area contributed by atoms with Crippen LogP contribution < -0.4 is 9.47 Å². The maximum Gasteiger partial charge on any atom is 0.165 e. The molecule has 1 aliphatic heterocycles. The molecule has 1 aliphatic rings. The van der Waals surface area contributed by atoms with Crippen LogP contribution in [0.1, 0.15) is 27.7 Å². The Bertz CT molecular complexity index is 762. The monoisotopic (exact) mass is 308 g/mol. The van der Waals surface area contributed by atoms with E-state index in [1.807, 2.05) is 0 Å². The molecule has 2 aromatic carbocycles. The van der Waals surface area contributed by atoms with E-state index in [4.69, 9.17) is 23.8 Å². The number of hydrogen-bond donors (Lipinski definition) is 0. The summed E-state index contributed by atoms with van der Waals surface area (Å²) in [6, 6.07) is 9.33. The van der Waals surface area contributed by atoms with Gasteiger partial charge in [0.25, 0.3) is 0 Å². The first-order valence-corrected chi connectivity index (χ1v) is 6.99. The Morgan fingerprint density at radius 2 is 2.14 bits per heavy atom. The Balaban J connectivity index is 1.95. The van der Waals surface area contributed by atoms with Crippen molar-refractivity contribution in [2.45, 2.75) is 32.4 Å². The van der Waals surface area contributed by atoms with Gasteiger partial charge < -0.3 is 9.47 Å². The molecule has 2 nitrogen and oxygen atoms in total. The SMILES string of the molecule is [2H]C1([2H])c2cc(Cl)cc(COc3ccccc3F)c2OC1(C)C. The van der Waals surface area contributed by atoms with Gasteiger partial charge in [-0.25, -0.2) is 4.39 Å². The smallest absolute Gasteiger partial charge is 0.165 e.